The molecule has 112 valence electrons. The molecule has 1 aromatic carbocycles. The number of nitrogens with one attached hydrogen (secondary N) is 1. The summed E-state index contributed by atoms with van der Waals surface area (Å²) in [7, 11) is 0. The number of hydrogen-bond donors (Lipinski definition) is 2. The molecule has 1 amide bonds. The molecular weight excluding hydrogens is 320 g/mol. The Balaban J connectivity index is 2.87. The first-order chi connectivity index (χ1) is 9.10. The van der Waals surface area contributed by atoms with E-state index in [1.165, 1.54) is 0 Å². The number of carbonyl (C=O) groups excluding carboxylic acids is 1. The highest BCUT2D eigenvalue weighted by molar-refractivity contribution is 9.10. The highest BCUT2D eigenvalue weighted by Gasteiger charge is 2.22. The summed E-state index contributed by atoms with van der Waals surface area (Å²) < 4.78 is 6.66. The molecule has 0 aliphatic carbocycles. The number of benzene rings is 1. The maximum atomic E-state index is 12.1. The van der Waals surface area contributed by atoms with Gasteiger partial charge in [0.25, 0.3) is 5.91 Å². The summed E-state index contributed by atoms with van der Waals surface area (Å²) in [5.74, 6) is 0.485. The second kappa shape index (κ2) is 6.59. The second-order valence-corrected chi connectivity index (χ2v) is 6.89. The maximum Gasteiger partial charge on any atom is 0.261 e. The monoisotopic (exact) mass is 342 g/mol. The third-order valence-corrected chi connectivity index (χ3v) is 3.13. The Morgan fingerprint density at radius 2 is 1.95 bits per heavy atom. The van der Waals surface area contributed by atoms with Crippen molar-refractivity contribution in [3.63, 3.8) is 0 Å². The maximum absolute atomic E-state index is 12.1. The van der Waals surface area contributed by atoms with Gasteiger partial charge in [-0.05, 0) is 46.8 Å². The van der Waals surface area contributed by atoms with Gasteiger partial charge in [0.05, 0.1) is 0 Å². The molecule has 0 spiro atoms. The van der Waals surface area contributed by atoms with E-state index in [-0.39, 0.29) is 17.5 Å². The summed E-state index contributed by atoms with van der Waals surface area (Å²) in [5, 5.41) is 2.90. The largest absolute Gasteiger partial charge is 0.481 e. The standard InChI is InChI=1S/C15H23BrN2O2/c1-9(17)12-7-6-11(16)8-13(12)20-10(2)14(19)18-15(3,4)5/h6-10H,17H2,1-5H3,(H,18,19)/t9-,10?/m1/s1. The van der Waals surface area contributed by atoms with Crippen LogP contribution in [-0.2, 0) is 4.79 Å². The minimum Gasteiger partial charge on any atom is -0.481 e. The third-order valence-electron chi connectivity index (χ3n) is 2.64. The molecule has 1 unspecified atom stereocenters. The van der Waals surface area contributed by atoms with Crippen LogP contribution < -0.4 is 15.8 Å². The summed E-state index contributed by atoms with van der Waals surface area (Å²) >= 11 is 3.40. The zero-order valence-electron chi connectivity index (χ0n) is 12.7. The molecule has 0 saturated heterocycles. The van der Waals surface area contributed by atoms with E-state index in [0.29, 0.717) is 5.75 Å². The number of carbonyl (C=O) groups is 1. The van der Waals surface area contributed by atoms with Gasteiger partial charge in [-0.1, -0.05) is 22.0 Å². The Hall–Kier alpha value is -1.07. The molecule has 0 aliphatic heterocycles. The predicted octanol–water partition coefficient (Wildman–Crippen LogP) is 3.15. The number of amides is 1. The Labute approximate surface area is 129 Å². The van der Waals surface area contributed by atoms with E-state index in [1.807, 2.05) is 45.9 Å². The van der Waals surface area contributed by atoms with Crippen LogP contribution in [0.5, 0.6) is 5.75 Å². The van der Waals surface area contributed by atoms with Crippen molar-refractivity contribution < 1.29 is 9.53 Å². The fourth-order valence-electron chi connectivity index (χ4n) is 1.70. The molecule has 1 aromatic rings. The number of rotatable bonds is 4. The molecule has 0 aromatic heterocycles. The zero-order chi connectivity index (χ0) is 15.5. The molecule has 5 heteroatoms. The van der Waals surface area contributed by atoms with Gasteiger partial charge in [0.1, 0.15) is 5.75 Å². The molecule has 20 heavy (non-hydrogen) atoms. The van der Waals surface area contributed by atoms with Crippen LogP contribution in [0.25, 0.3) is 0 Å². The number of hydrogen-bond acceptors (Lipinski definition) is 3. The molecule has 0 heterocycles. The number of nitrogens with two attached hydrogens (primary N) is 1. The average molecular weight is 343 g/mol. The summed E-state index contributed by atoms with van der Waals surface area (Å²) in [6, 6.07) is 5.49. The Kier molecular flexibility index (Phi) is 5.59. The van der Waals surface area contributed by atoms with Crippen molar-refractivity contribution in [1.29, 1.82) is 0 Å². The molecule has 2 atom stereocenters. The van der Waals surface area contributed by atoms with Crippen LogP contribution in [0.4, 0.5) is 0 Å². The molecule has 0 radical (unpaired) electrons. The molecule has 0 bridgehead atoms. The SMILES string of the molecule is CC(Oc1cc(Br)ccc1[C@@H](C)N)C(=O)NC(C)(C)C. The molecule has 0 aliphatic rings. The fraction of sp³-hybridized carbons (Fsp3) is 0.533. The Bertz CT molecular complexity index is 481. The van der Waals surface area contributed by atoms with E-state index in [2.05, 4.69) is 21.2 Å². The molecule has 3 N–H and O–H groups in total. The number of halogens is 1. The smallest absolute Gasteiger partial charge is 0.261 e. The third kappa shape index (κ3) is 5.13. The van der Waals surface area contributed by atoms with E-state index in [1.54, 1.807) is 6.92 Å². The normalized spacial score (nSPS) is 14.6. The van der Waals surface area contributed by atoms with Gasteiger partial charge in [0.2, 0.25) is 0 Å². The lowest BCUT2D eigenvalue weighted by atomic mass is 10.1. The molecule has 0 saturated carbocycles. The minimum atomic E-state index is -0.582. The topological polar surface area (TPSA) is 64.3 Å². The van der Waals surface area contributed by atoms with Crippen LogP contribution >= 0.6 is 15.9 Å². The van der Waals surface area contributed by atoms with Gasteiger partial charge < -0.3 is 15.8 Å². The lowest BCUT2D eigenvalue weighted by Crippen LogP contribution is -2.46. The van der Waals surface area contributed by atoms with Gasteiger partial charge in [-0.25, -0.2) is 0 Å². The summed E-state index contributed by atoms with van der Waals surface area (Å²) in [4.78, 5) is 12.1. The van der Waals surface area contributed by atoms with Crippen molar-refractivity contribution in [1.82, 2.24) is 5.32 Å². The van der Waals surface area contributed by atoms with Gasteiger partial charge in [-0.3, -0.25) is 4.79 Å². The zero-order valence-corrected chi connectivity index (χ0v) is 14.2. The molecule has 1 rings (SSSR count). The molecule has 0 fully saturated rings. The highest BCUT2D eigenvalue weighted by atomic mass is 79.9. The average Bonchev–Trinajstić information content (AvgIpc) is 2.26. The molecular formula is C15H23BrN2O2. The summed E-state index contributed by atoms with van der Waals surface area (Å²) in [6.45, 7) is 9.42. The van der Waals surface area contributed by atoms with Crippen molar-refractivity contribution in [2.45, 2.75) is 52.3 Å². The Morgan fingerprint density at radius 3 is 2.45 bits per heavy atom. The van der Waals surface area contributed by atoms with Crippen molar-refractivity contribution in [2.24, 2.45) is 5.73 Å². The van der Waals surface area contributed by atoms with Gasteiger partial charge in [-0.2, -0.15) is 0 Å². The second-order valence-electron chi connectivity index (χ2n) is 5.97. The lowest BCUT2D eigenvalue weighted by Gasteiger charge is -2.24. The quantitative estimate of drug-likeness (QED) is 0.883. The first kappa shape index (κ1) is 17.0. The van der Waals surface area contributed by atoms with Crippen LogP contribution in [0.1, 0.15) is 46.2 Å². The lowest BCUT2D eigenvalue weighted by molar-refractivity contribution is -0.128. The minimum absolute atomic E-state index is 0.145. The first-order valence-electron chi connectivity index (χ1n) is 6.64. The van der Waals surface area contributed by atoms with Gasteiger partial charge in [0.15, 0.2) is 6.10 Å². The van der Waals surface area contributed by atoms with E-state index in [9.17, 15) is 4.79 Å². The van der Waals surface area contributed by atoms with E-state index in [0.717, 1.165) is 10.0 Å². The summed E-state index contributed by atoms with van der Waals surface area (Å²) in [5.41, 5.74) is 6.52. The van der Waals surface area contributed by atoms with E-state index < -0.39 is 6.10 Å². The van der Waals surface area contributed by atoms with Crippen LogP contribution in [0.3, 0.4) is 0 Å². The van der Waals surface area contributed by atoms with Gasteiger partial charge in [-0.15, -0.1) is 0 Å². The summed E-state index contributed by atoms with van der Waals surface area (Å²) in [6.07, 6.45) is -0.582. The van der Waals surface area contributed by atoms with Crippen molar-refractivity contribution >= 4 is 21.8 Å². The van der Waals surface area contributed by atoms with Gasteiger partial charge >= 0.3 is 0 Å². The van der Waals surface area contributed by atoms with Crippen LogP contribution in [0, 0.1) is 0 Å². The van der Waals surface area contributed by atoms with Crippen LogP contribution in [0.2, 0.25) is 0 Å². The van der Waals surface area contributed by atoms with Crippen molar-refractivity contribution in [3.05, 3.63) is 28.2 Å². The predicted molar refractivity (Wildman–Crippen MR) is 84.7 cm³/mol. The van der Waals surface area contributed by atoms with Crippen molar-refractivity contribution in [2.75, 3.05) is 0 Å². The van der Waals surface area contributed by atoms with Crippen molar-refractivity contribution in [3.8, 4) is 5.75 Å². The van der Waals surface area contributed by atoms with Gasteiger partial charge in [0, 0.05) is 21.6 Å². The Morgan fingerprint density at radius 1 is 1.35 bits per heavy atom. The fourth-order valence-corrected chi connectivity index (χ4v) is 2.04. The van der Waals surface area contributed by atoms with Crippen LogP contribution in [0.15, 0.2) is 22.7 Å². The highest BCUT2D eigenvalue weighted by Crippen LogP contribution is 2.28. The van der Waals surface area contributed by atoms with E-state index in [4.69, 9.17) is 10.5 Å². The molecule has 4 nitrogen and oxygen atoms in total. The number of ether oxygens (including phenoxy) is 1. The van der Waals surface area contributed by atoms with Crippen LogP contribution in [-0.4, -0.2) is 17.6 Å². The van der Waals surface area contributed by atoms with E-state index >= 15 is 0 Å². The first-order valence-corrected chi connectivity index (χ1v) is 7.43.